The molecule has 0 saturated heterocycles. The fourth-order valence-electron chi connectivity index (χ4n) is 8.04. The van der Waals surface area contributed by atoms with Crippen molar-refractivity contribution >= 4 is 71.6 Å². The maximum absolute atomic E-state index is 6.61. The van der Waals surface area contributed by atoms with Crippen molar-refractivity contribution in [2.75, 3.05) is 4.90 Å². The highest BCUT2D eigenvalue weighted by atomic mass is 16.3. The van der Waals surface area contributed by atoms with Crippen LogP contribution in [0.5, 0.6) is 0 Å². The molecule has 55 heavy (non-hydrogen) atoms. The third-order valence-electron chi connectivity index (χ3n) is 10.7. The second-order valence-electron chi connectivity index (χ2n) is 13.9. The molecule has 0 amide bonds. The lowest BCUT2D eigenvalue weighted by Gasteiger charge is -2.28. The molecule has 0 bridgehead atoms. The van der Waals surface area contributed by atoms with E-state index in [9.17, 15) is 0 Å². The molecule has 0 atom stereocenters. The largest absolute Gasteiger partial charge is 0.456 e. The van der Waals surface area contributed by atoms with Gasteiger partial charge in [0.05, 0.1) is 5.69 Å². The Labute approximate surface area is 317 Å². The summed E-state index contributed by atoms with van der Waals surface area (Å²) in [6, 6.07) is 68.2. The number of nitrogens with zero attached hydrogens (tertiary/aromatic N) is 2. The van der Waals surface area contributed by atoms with Crippen LogP contribution in [0.3, 0.4) is 0 Å². The molecule has 0 saturated carbocycles. The molecule has 0 aliphatic heterocycles. The Morgan fingerprint density at radius 1 is 0.400 bits per heavy atom. The van der Waals surface area contributed by atoms with E-state index in [0.29, 0.717) is 5.89 Å². The van der Waals surface area contributed by atoms with Crippen molar-refractivity contribution in [1.82, 2.24) is 4.98 Å². The van der Waals surface area contributed by atoms with Crippen molar-refractivity contribution in [3.63, 3.8) is 0 Å². The lowest BCUT2D eigenvalue weighted by Crippen LogP contribution is -2.11. The number of para-hydroxylation sites is 2. The number of rotatable bonds is 6. The normalized spacial score (nSPS) is 11.6. The van der Waals surface area contributed by atoms with Gasteiger partial charge in [-0.3, -0.25) is 0 Å². The number of hydrogen-bond acceptors (Lipinski definition) is 4. The lowest BCUT2D eigenvalue weighted by molar-refractivity contribution is 0.623. The summed E-state index contributed by atoms with van der Waals surface area (Å²) in [7, 11) is 0. The Morgan fingerprint density at radius 3 is 1.95 bits per heavy atom. The Balaban J connectivity index is 1.15. The molecular formula is C51H32N2O2. The zero-order valence-corrected chi connectivity index (χ0v) is 29.7. The maximum Gasteiger partial charge on any atom is 0.227 e. The van der Waals surface area contributed by atoms with Gasteiger partial charge in [0.1, 0.15) is 16.7 Å². The van der Waals surface area contributed by atoms with Crippen molar-refractivity contribution in [1.29, 1.82) is 0 Å². The van der Waals surface area contributed by atoms with E-state index in [2.05, 4.69) is 157 Å². The summed E-state index contributed by atoms with van der Waals surface area (Å²) in [4.78, 5) is 7.28. The molecule has 0 aliphatic carbocycles. The number of benzene rings is 9. The van der Waals surface area contributed by atoms with Gasteiger partial charge in [0.25, 0.3) is 0 Å². The number of oxazole rings is 1. The molecule has 258 valence electrons. The van der Waals surface area contributed by atoms with E-state index in [4.69, 9.17) is 13.8 Å². The van der Waals surface area contributed by atoms with Crippen LogP contribution in [0, 0.1) is 0 Å². The molecule has 0 fully saturated rings. The van der Waals surface area contributed by atoms with E-state index in [1.807, 2.05) is 42.5 Å². The van der Waals surface area contributed by atoms with Crippen LogP contribution in [0.25, 0.3) is 88.3 Å². The average Bonchev–Trinajstić information content (AvgIpc) is 3.86. The van der Waals surface area contributed by atoms with Crippen molar-refractivity contribution in [2.45, 2.75) is 0 Å². The Kier molecular flexibility index (Phi) is 7.14. The van der Waals surface area contributed by atoms with Gasteiger partial charge in [-0.15, -0.1) is 0 Å². The number of hydrogen-bond donors (Lipinski definition) is 0. The van der Waals surface area contributed by atoms with E-state index in [1.165, 1.54) is 11.1 Å². The molecule has 11 rings (SSSR count). The molecule has 4 nitrogen and oxygen atoms in total. The highest BCUT2D eigenvalue weighted by molar-refractivity contribution is 6.19. The van der Waals surface area contributed by atoms with E-state index >= 15 is 0 Å². The number of aromatic nitrogens is 1. The highest BCUT2D eigenvalue weighted by Crippen LogP contribution is 2.45. The summed E-state index contributed by atoms with van der Waals surface area (Å²) in [5, 5.41) is 6.56. The standard InChI is InChI=1S/C51H32N2O2/c1-3-12-33(13-4-1)37-16-11-17-38(30-37)41-18-7-9-20-46(41)53(40-27-28-43-42-19-8-10-21-47(42)54-48(43)32-40)39-26-24-34-22-23-35-25-29-45-50(49(35)44(34)31-39)55-51(52-45)36-14-5-2-6-15-36/h1-32H. The smallest absolute Gasteiger partial charge is 0.227 e. The van der Waals surface area contributed by atoms with Crippen LogP contribution in [0.1, 0.15) is 0 Å². The summed E-state index contributed by atoms with van der Waals surface area (Å²) in [6.07, 6.45) is 0. The molecule has 0 radical (unpaired) electrons. The van der Waals surface area contributed by atoms with Gasteiger partial charge in [0.2, 0.25) is 5.89 Å². The summed E-state index contributed by atoms with van der Waals surface area (Å²) in [5.74, 6) is 0.615. The minimum Gasteiger partial charge on any atom is -0.456 e. The van der Waals surface area contributed by atoms with Gasteiger partial charge >= 0.3 is 0 Å². The monoisotopic (exact) mass is 704 g/mol. The molecule has 0 unspecified atom stereocenters. The van der Waals surface area contributed by atoms with Crippen LogP contribution in [0.15, 0.2) is 203 Å². The number of furan rings is 1. The Morgan fingerprint density at radius 2 is 1.05 bits per heavy atom. The number of fused-ring (bicyclic) bond motifs is 8. The first-order valence-corrected chi connectivity index (χ1v) is 18.5. The Hall–Kier alpha value is -7.43. The molecule has 11 aromatic rings. The second kappa shape index (κ2) is 12.6. The van der Waals surface area contributed by atoms with Gasteiger partial charge in [-0.25, -0.2) is 4.98 Å². The predicted octanol–water partition coefficient (Wildman–Crippen LogP) is 14.5. The molecule has 0 aliphatic rings. The van der Waals surface area contributed by atoms with Crippen LogP contribution in [-0.2, 0) is 0 Å². The van der Waals surface area contributed by atoms with Crippen LogP contribution in [0.4, 0.5) is 17.1 Å². The van der Waals surface area contributed by atoms with Gasteiger partial charge in [0, 0.05) is 44.7 Å². The molecular weight excluding hydrogens is 673 g/mol. The maximum atomic E-state index is 6.61. The van der Waals surface area contributed by atoms with Gasteiger partial charge in [-0.2, -0.15) is 0 Å². The van der Waals surface area contributed by atoms with Crippen LogP contribution >= 0.6 is 0 Å². The molecule has 0 N–H and O–H groups in total. The minimum absolute atomic E-state index is 0.615. The van der Waals surface area contributed by atoms with E-state index in [0.717, 1.165) is 88.3 Å². The minimum atomic E-state index is 0.615. The van der Waals surface area contributed by atoms with Crippen molar-refractivity contribution in [2.24, 2.45) is 0 Å². The lowest BCUT2D eigenvalue weighted by atomic mass is 9.96. The third kappa shape index (κ3) is 5.26. The average molecular weight is 705 g/mol. The van der Waals surface area contributed by atoms with Crippen molar-refractivity contribution < 1.29 is 8.83 Å². The first-order chi connectivity index (χ1) is 27.2. The summed E-state index contributed by atoms with van der Waals surface area (Å²) >= 11 is 0. The van der Waals surface area contributed by atoms with Crippen molar-refractivity contribution in [3.05, 3.63) is 194 Å². The molecule has 0 spiro atoms. The van der Waals surface area contributed by atoms with Gasteiger partial charge in [-0.05, 0) is 93.5 Å². The summed E-state index contributed by atoms with van der Waals surface area (Å²) in [6.45, 7) is 0. The fraction of sp³-hybridized carbons (Fsp3) is 0. The Bertz CT molecular complexity index is 3220. The highest BCUT2D eigenvalue weighted by Gasteiger charge is 2.21. The zero-order valence-electron chi connectivity index (χ0n) is 29.7. The first kappa shape index (κ1) is 31.1. The summed E-state index contributed by atoms with van der Waals surface area (Å²) < 4.78 is 13.1. The molecule has 2 heterocycles. The topological polar surface area (TPSA) is 42.4 Å². The van der Waals surface area contributed by atoms with E-state index < -0.39 is 0 Å². The molecule has 2 aromatic heterocycles. The van der Waals surface area contributed by atoms with Gasteiger partial charge in [-0.1, -0.05) is 127 Å². The van der Waals surface area contributed by atoms with E-state index in [-0.39, 0.29) is 0 Å². The predicted molar refractivity (Wildman–Crippen MR) is 227 cm³/mol. The van der Waals surface area contributed by atoms with Gasteiger partial charge < -0.3 is 13.7 Å². The van der Waals surface area contributed by atoms with Crippen LogP contribution in [-0.4, -0.2) is 4.98 Å². The second-order valence-corrected chi connectivity index (χ2v) is 13.9. The first-order valence-electron chi connectivity index (χ1n) is 18.5. The summed E-state index contributed by atoms with van der Waals surface area (Å²) in [5.41, 5.74) is 12.0. The van der Waals surface area contributed by atoms with Gasteiger partial charge in [0.15, 0.2) is 5.58 Å². The molecule has 4 heteroatoms. The SMILES string of the molecule is c1ccc(-c2cccc(-c3ccccc3N(c3ccc4c(c3)oc3ccccc34)c3ccc4ccc5ccc6nc(-c7ccccc7)oc6c5c4c3)c2)cc1. The zero-order chi connectivity index (χ0) is 36.3. The van der Waals surface area contributed by atoms with Crippen molar-refractivity contribution in [3.8, 4) is 33.7 Å². The van der Waals surface area contributed by atoms with E-state index in [1.54, 1.807) is 0 Å². The number of anilines is 3. The van der Waals surface area contributed by atoms with Crippen LogP contribution in [0.2, 0.25) is 0 Å². The van der Waals surface area contributed by atoms with Crippen LogP contribution < -0.4 is 4.90 Å². The fourth-order valence-corrected chi connectivity index (χ4v) is 8.04. The molecule has 9 aromatic carbocycles. The third-order valence-corrected chi connectivity index (χ3v) is 10.7. The quantitative estimate of drug-likeness (QED) is 0.162.